The fourth-order valence-electron chi connectivity index (χ4n) is 2.77. The molecule has 0 heterocycles. The monoisotopic (exact) mass is 347 g/mol. The molecule has 0 aliphatic carbocycles. The first-order chi connectivity index (χ1) is 13.7. The maximum Gasteiger partial charge on any atom is 0.0518 e. The molecule has 24 heavy (non-hydrogen) atoms. The second-order valence-corrected chi connectivity index (χ2v) is 7.05. The predicted octanol–water partition coefficient (Wildman–Crippen LogP) is 7.30. The van der Waals surface area contributed by atoms with Crippen molar-refractivity contribution in [3.05, 3.63) is 0 Å². The Labute approximate surface area is 160 Å². The Hall–Kier alpha value is -0.0800. The van der Waals surface area contributed by atoms with Crippen molar-refractivity contribution in [3.63, 3.8) is 0 Å². The van der Waals surface area contributed by atoms with Gasteiger partial charge in [0.25, 0.3) is 0 Å². The lowest BCUT2D eigenvalue weighted by Gasteiger charge is -2.07. The van der Waals surface area contributed by atoms with Gasteiger partial charge in [-0.05, 0) is 26.7 Å². The molecular formula is C22H46O2. The van der Waals surface area contributed by atoms with E-state index in [4.69, 9.17) is 16.3 Å². The second-order valence-electron chi connectivity index (χ2n) is 7.05. The summed E-state index contributed by atoms with van der Waals surface area (Å²) in [6, 6.07) is 0. The van der Waals surface area contributed by atoms with E-state index in [0.717, 1.165) is 45.5 Å². The van der Waals surface area contributed by atoms with Crippen molar-refractivity contribution in [2.75, 3.05) is 19.8 Å². The van der Waals surface area contributed by atoms with Crippen molar-refractivity contribution in [3.8, 4) is 0 Å². The minimum absolute atomic E-state index is 0.140. The van der Waals surface area contributed by atoms with E-state index in [1.54, 1.807) is 0 Å². The highest BCUT2D eigenvalue weighted by Crippen LogP contribution is 2.12. The van der Waals surface area contributed by atoms with Gasteiger partial charge in [0.1, 0.15) is 0 Å². The smallest absolute Gasteiger partial charge is 0.0518 e. The summed E-state index contributed by atoms with van der Waals surface area (Å²) in [5, 5.41) is 0. The van der Waals surface area contributed by atoms with Crippen molar-refractivity contribution < 1.29 is 16.3 Å². The Morgan fingerprint density at radius 3 is 1.58 bits per heavy atom. The molecule has 2 nitrogen and oxygen atoms in total. The molecule has 0 radical (unpaired) electrons. The van der Waals surface area contributed by atoms with Gasteiger partial charge in [-0.15, -0.1) is 0 Å². The Morgan fingerprint density at radius 2 is 1.08 bits per heavy atom. The first-order valence-electron chi connectivity index (χ1n) is 12.9. The minimum Gasteiger partial charge on any atom is -0.381 e. The van der Waals surface area contributed by atoms with Crippen LogP contribution >= 0.6 is 0 Å². The number of hydrogen-bond donors (Lipinski definition) is 0. The third-order valence-corrected chi connectivity index (χ3v) is 4.22. The molecule has 0 aromatic heterocycles. The predicted molar refractivity (Wildman–Crippen MR) is 107 cm³/mol. The van der Waals surface area contributed by atoms with Crippen LogP contribution in [0.4, 0.5) is 0 Å². The van der Waals surface area contributed by atoms with E-state index >= 15 is 0 Å². The van der Waals surface area contributed by atoms with Crippen LogP contribution in [0.15, 0.2) is 0 Å². The first-order valence-corrected chi connectivity index (χ1v) is 10.4. The van der Waals surface area contributed by atoms with Crippen LogP contribution in [0.3, 0.4) is 0 Å². The average molecular weight is 348 g/mol. The zero-order valence-electron chi connectivity index (χ0n) is 21.4. The van der Waals surface area contributed by atoms with Gasteiger partial charge in [-0.1, -0.05) is 90.3 Å². The summed E-state index contributed by atoms with van der Waals surface area (Å²) >= 11 is 0. The highest BCUT2D eigenvalue weighted by Gasteiger charge is 1.95. The molecule has 0 amide bonds. The van der Waals surface area contributed by atoms with E-state index in [1.807, 2.05) is 0 Å². The normalized spacial score (nSPS) is 15.7. The van der Waals surface area contributed by atoms with Gasteiger partial charge in [-0.25, -0.2) is 0 Å². The summed E-state index contributed by atoms with van der Waals surface area (Å²) in [5.41, 5.74) is 0. The molecule has 0 atom stereocenters. The Balaban J connectivity index is 3.19. The van der Waals surface area contributed by atoms with E-state index < -0.39 is 13.2 Å². The molecular weight excluding hydrogens is 296 g/mol. The molecule has 0 fully saturated rings. The van der Waals surface area contributed by atoms with Gasteiger partial charge in [0.2, 0.25) is 0 Å². The van der Waals surface area contributed by atoms with Crippen LogP contribution in [0.2, 0.25) is 0 Å². The van der Waals surface area contributed by atoms with Crippen LogP contribution in [0.25, 0.3) is 0 Å². The molecule has 0 aromatic rings. The molecule has 0 N–H and O–H groups in total. The van der Waals surface area contributed by atoms with Gasteiger partial charge < -0.3 is 9.47 Å². The van der Waals surface area contributed by atoms with Crippen molar-refractivity contribution in [2.24, 2.45) is 0 Å². The van der Waals surface area contributed by atoms with Gasteiger partial charge in [0.05, 0.1) is 6.10 Å². The molecule has 0 saturated carbocycles. The van der Waals surface area contributed by atoms with Crippen LogP contribution in [0.1, 0.15) is 124 Å². The molecule has 0 rings (SSSR count). The third kappa shape index (κ3) is 21.9. The van der Waals surface area contributed by atoms with Crippen LogP contribution in [0, 0.1) is 0 Å². The molecule has 0 aliphatic heterocycles. The largest absolute Gasteiger partial charge is 0.381 e. The molecule has 0 spiro atoms. The Morgan fingerprint density at radius 1 is 0.625 bits per heavy atom. The molecule has 0 saturated heterocycles. The maximum absolute atomic E-state index is 7.58. The van der Waals surface area contributed by atoms with Gasteiger partial charge in [-0.2, -0.15) is 0 Å². The fourth-order valence-corrected chi connectivity index (χ4v) is 2.77. The highest BCUT2D eigenvalue weighted by molar-refractivity contribution is 4.49. The van der Waals surface area contributed by atoms with E-state index in [2.05, 4.69) is 13.8 Å². The van der Waals surface area contributed by atoms with E-state index in [0.29, 0.717) is 12.5 Å². The summed E-state index contributed by atoms with van der Waals surface area (Å²) in [5.74, 6) is 0. The zero-order valence-corrected chi connectivity index (χ0v) is 16.4. The molecule has 0 aliphatic rings. The molecule has 0 bridgehead atoms. The third-order valence-electron chi connectivity index (χ3n) is 4.22. The van der Waals surface area contributed by atoms with Gasteiger partial charge in [0, 0.05) is 26.7 Å². The lowest BCUT2D eigenvalue weighted by molar-refractivity contribution is 0.0507. The summed E-state index contributed by atoms with van der Waals surface area (Å²) in [6.07, 6.45) is 13.4. The second kappa shape index (κ2) is 21.0. The maximum atomic E-state index is 7.58. The molecule has 146 valence electrons. The summed E-state index contributed by atoms with van der Waals surface area (Å²) < 4.78 is 47.9. The summed E-state index contributed by atoms with van der Waals surface area (Å²) in [6.45, 7) is 4.08. The van der Waals surface area contributed by atoms with Gasteiger partial charge in [0.15, 0.2) is 0 Å². The molecule has 2 heteroatoms. The molecule has 0 unspecified atom stereocenters. The Bertz CT molecular complexity index is 360. The van der Waals surface area contributed by atoms with Crippen molar-refractivity contribution >= 4 is 0 Å². The lowest BCUT2D eigenvalue weighted by Crippen LogP contribution is -2.07. The lowest BCUT2D eigenvalue weighted by atomic mass is 10.0. The van der Waals surface area contributed by atoms with E-state index in [1.165, 1.54) is 51.4 Å². The highest BCUT2D eigenvalue weighted by atomic mass is 16.5. The van der Waals surface area contributed by atoms with Crippen molar-refractivity contribution in [2.45, 2.75) is 123 Å². The number of rotatable bonds is 20. The van der Waals surface area contributed by atoms with Crippen LogP contribution < -0.4 is 0 Å². The van der Waals surface area contributed by atoms with E-state index in [-0.39, 0.29) is 6.42 Å². The summed E-state index contributed by atoms with van der Waals surface area (Å²) in [4.78, 5) is 0. The minimum atomic E-state index is -2.50. The number of ether oxygens (including phenoxy) is 2. The van der Waals surface area contributed by atoms with Crippen LogP contribution in [-0.4, -0.2) is 25.9 Å². The SMILES string of the molecule is [2H]C([2H])([2H])C([2H])([2H])CCCCCCCCCCCCCCOCCCOC(C)C. The first kappa shape index (κ1) is 16.1. The van der Waals surface area contributed by atoms with Crippen LogP contribution in [0.5, 0.6) is 0 Å². The number of unbranched alkanes of at least 4 members (excludes halogenated alkanes) is 11. The Kier molecular flexibility index (Phi) is 14.1. The van der Waals surface area contributed by atoms with Crippen LogP contribution in [-0.2, 0) is 9.47 Å². The van der Waals surface area contributed by atoms with Gasteiger partial charge in [-0.3, -0.25) is 0 Å². The van der Waals surface area contributed by atoms with Gasteiger partial charge >= 0.3 is 0 Å². The summed E-state index contributed by atoms with van der Waals surface area (Å²) in [7, 11) is 0. The standard InChI is InChI=1S/C22H46O2/c1-4-5-6-7-8-9-10-11-12-13-14-15-16-17-19-23-20-18-21-24-22(2)3/h22H,4-21H2,1-3H3/i1D3,4D2. The number of hydrogen-bond acceptors (Lipinski definition) is 2. The van der Waals surface area contributed by atoms with E-state index in [9.17, 15) is 0 Å². The zero-order chi connectivity index (χ0) is 22.0. The topological polar surface area (TPSA) is 18.5 Å². The fraction of sp³-hybridized carbons (Fsp3) is 1.00. The quantitative estimate of drug-likeness (QED) is 0.215. The van der Waals surface area contributed by atoms with Crippen molar-refractivity contribution in [1.29, 1.82) is 0 Å². The van der Waals surface area contributed by atoms with Crippen molar-refractivity contribution in [1.82, 2.24) is 0 Å². The average Bonchev–Trinajstić information content (AvgIpc) is 2.62. The molecule has 0 aromatic carbocycles.